The number of nitrogens with zero attached hydrogens (tertiary/aromatic N) is 1. The monoisotopic (exact) mass is 390 g/mol. The number of halogens is 1. The molecule has 2 aromatic carbocycles. The third kappa shape index (κ3) is 5.37. The van der Waals surface area contributed by atoms with E-state index in [2.05, 4.69) is 10.5 Å². The van der Waals surface area contributed by atoms with Gasteiger partial charge in [0.15, 0.2) is 17.6 Å². The van der Waals surface area contributed by atoms with Crippen LogP contribution in [0, 0.1) is 6.92 Å². The molecule has 0 radical (unpaired) electrons. The maximum Gasteiger partial charge on any atom is 0.280 e. The van der Waals surface area contributed by atoms with Crippen LogP contribution in [0.2, 0.25) is 5.02 Å². The lowest BCUT2D eigenvalue weighted by Gasteiger charge is -2.15. The molecule has 1 unspecified atom stereocenters. The number of methoxy groups -OCH3 is 2. The molecule has 0 aliphatic carbocycles. The molecule has 0 heterocycles. The second kappa shape index (κ2) is 9.28. The van der Waals surface area contributed by atoms with Gasteiger partial charge in [0.05, 0.1) is 19.9 Å². The Hall–Kier alpha value is -2.73. The molecule has 0 spiro atoms. The SMILES string of the molecule is COc1ccc(C(C)=NNC(=O)C(C)Oc2ccc(Cl)cc2C)cc1OC. The zero-order valence-corrected chi connectivity index (χ0v) is 16.8. The fourth-order valence-electron chi connectivity index (χ4n) is 2.34. The number of benzene rings is 2. The first-order valence-electron chi connectivity index (χ1n) is 8.35. The number of amides is 1. The van der Waals surface area contributed by atoms with Crippen LogP contribution in [0.5, 0.6) is 17.2 Å². The molecular formula is C20H23ClN2O4. The van der Waals surface area contributed by atoms with Crippen LogP contribution in [0.25, 0.3) is 0 Å². The molecule has 2 rings (SSSR count). The first kappa shape index (κ1) is 20.6. The summed E-state index contributed by atoms with van der Waals surface area (Å²) in [5.74, 6) is 1.45. The summed E-state index contributed by atoms with van der Waals surface area (Å²) in [6.45, 7) is 5.31. The van der Waals surface area contributed by atoms with Crippen molar-refractivity contribution in [3.05, 3.63) is 52.5 Å². The van der Waals surface area contributed by atoms with E-state index in [0.29, 0.717) is 28.0 Å². The number of carbonyl (C=O) groups excluding carboxylic acids is 1. The van der Waals surface area contributed by atoms with Gasteiger partial charge in [-0.3, -0.25) is 4.79 Å². The minimum absolute atomic E-state index is 0.357. The third-order valence-electron chi connectivity index (χ3n) is 3.95. The summed E-state index contributed by atoms with van der Waals surface area (Å²) in [7, 11) is 3.14. The number of ether oxygens (including phenoxy) is 3. The number of rotatable bonds is 7. The fraction of sp³-hybridized carbons (Fsp3) is 0.300. The Morgan fingerprint density at radius 2 is 1.74 bits per heavy atom. The standard InChI is InChI=1S/C20H23ClN2O4/c1-12-10-16(21)7-9-17(12)27-14(3)20(24)23-22-13(2)15-6-8-18(25-4)19(11-15)26-5/h6-11,14H,1-5H3,(H,23,24). The maximum absolute atomic E-state index is 12.3. The molecule has 0 saturated carbocycles. The van der Waals surface area contributed by atoms with Crippen LogP contribution in [-0.2, 0) is 4.79 Å². The minimum Gasteiger partial charge on any atom is -0.493 e. The van der Waals surface area contributed by atoms with Crippen molar-refractivity contribution in [2.75, 3.05) is 14.2 Å². The molecule has 0 bridgehead atoms. The normalized spacial score (nSPS) is 12.3. The summed E-state index contributed by atoms with van der Waals surface area (Å²) in [6.07, 6.45) is -0.716. The lowest BCUT2D eigenvalue weighted by Crippen LogP contribution is -2.34. The van der Waals surface area contributed by atoms with Gasteiger partial charge in [0.25, 0.3) is 5.91 Å². The number of carbonyl (C=O) groups is 1. The molecule has 0 saturated heterocycles. The van der Waals surface area contributed by atoms with E-state index in [4.69, 9.17) is 25.8 Å². The van der Waals surface area contributed by atoms with Crippen molar-refractivity contribution in [3.8, 4) is 17.2 Å². The van der Waals surface area contributed by atoms with E-state index in [-0.39, 0.29) is 5.91 Å². The number of aryl methyl sites for hydroxylation is 1. The van der Waals surface area contributed by atoms with E-state index in [1.54, 1.807) is 58.4 Å². The predicted molar refractivity (Wildman–Crippen MR) is 106 cm³/mol. The second-order valence-corrected chi connectivity index (χ2v) is 6.35. The van der Waals surface area contributed by atoms with E-state index in [1.807, 2.05) is 13.0 Å². The summed E-state index contributed by atoms with van der Waals surface area (Å²) in [5.41, 5.74) is 4.80. The average Bonchev–Trinajstić information content (AvgIpc) is 2.67. The highest BCUT2D eigenvalue weighted by atomic mass is 35.5. The zero-order valence-electron chi connectivity index (χ0n) is 16.0. The van der Waals surface area contributed by atoms with Crippen LogP contribution in [-0.4, -0.2) is 31.9 Å². The Bertz CT molecular complexity index is 852. The smallest absolute Gasteiger partial charge is 0.280 e. The summed E-state index contributed by atoms with van der Waals surface area (Å²) in [5, 5.41) is 4.76. The average molecular weight is 391 g/mol. The molecule has 1 atom stereocenters. The topological polar surface area (TPSA) is 69.2 Å². The maximum atomic E-state index is 12.3. The quantitative estimate of drug-likeness (QED) is 0.573. The van der Waals surface area contributed by atoms with Gasteiger partial charge in [-0.25, -0.2) is 5.43 Å². The lowest BCUT2D eigenvalue weighted by molar-refractivity contribution is -0.127. The lowest BCUT2D eigenvalue weighted by atomic mass is 10.1. The first-order valence-corrected chi connectivity index (χ1v) is 8.72. The molecule has 144 valence electrons. The van der Waals surface area contributed by atoms with Crippen molar-refractivity contribution in [2.24, 2.45) is 5.10 Å². The van der Waals surface area contributed by atoms with E-state index < -0.39 is 6.10 Å². The molecule has 0 aliphatic rings. The van der Waals surface area contributed by atoms with Crippen LogP contribution in [0.15, 0.2) is 41.5 Å². The van der Waals surface area contributed by atoms with E-state index in [1.165, 1.54) is 0 Å². The van der Waals surface area contributed by atoms with Gasteiger partial charge in [0, 0.05) is 10.6 Å². The molecule has 27 heavy (non-hydrogen) atoms. The van der Waals surface area contributed by atoms with Gasteiger partial charge in [-0.1, -0.05) is 11.6 Å². The Balaban J connectivity index is 2.04. The van der Waals surface area contributed by atoms with Crippen molar-refractivity contribution in [3.63, 3.8) is 0 Å². The highest BCUT2D eigenvalue weighted by Gasteiger charge is 2.16. The summed E-state index contributed by atoms with van der Waals surface area (Å²) < 4.78 is 16.2. The van der Waals surface area contributed by atoms with Gasteiger partial charge in [0.1, 0.15) is 5.75 Å². The molecule has 1 N–H and O–H groups in total. The van der Waals surface area contributed by atoms with Crippen molar-refractivity contribution in [1.82, 2.24) is 5.43 Å². The Kier molecular flexibility index (Phi) is 7.07. The molecule has 0 aliphatic heterocycles. The minimum atomic E-state index is -0.716. The molecular weight excluding hydrogens is 368 g/mol. The molecule has 0 aromatic heterocycles. The number of hydrogen-bond acceptors (Lipinski definition) is 5. The first-order chi connectivity index (χ1) is 12.8. The van der Waals surface area contributed by atoms with Gasteiger partial charge in [-0.15, -0.1) is 0 Å². The molecule has 6 nitrogen and oxygen atoms in total. The van der Waals surface area contributed by atoms with Crippen molar-refractivity contribution >= 4 is 23.2 Å². The highest BCUT2D eigenvalue weighted by Crippen LogP contribution is 2.27. The molecule has 2 aromatic rings. The number of hydrogen-bond donors (Lipinski definition) is 1. The Morgan fingerprint density at radius 1 is 1.07 bits per heavy atom. The Labute approximate surface area is 164 Å². The zero-order chi connectivity index (χ0) is 20.0. The largest absolute Gasteiger partial charge is 0.493 e. The van der Waals surface area contributed by atoms with Gasteiger partial charge < -0.3 is 14.2 Å². The Morgan fingerprint density at radius 3 is 2.37 bits per heavy atom. The summed E-state index contributed by atoms with van der Waals surface area (Å²) in [4.78, 5) is 12.3. The summed E-state index contributed by atoms with van der Waals surface area (Å²) in [6, 6.07) is 10.6. The van der Waals surface area contributed by atoms with E-state index in [0.717, 1.165) is 11.1 Å². The van der Waals surface area contributed by atoms with Crippen molar-refractivity contribution < 1.29 is 19.0 Å². The van der Waals surface area contributed by atoms with Gasteiger partial charge in [-0.2, -0.15) is 5.10 Å². The van der Waals surface area contributed by atoms with Crippen molar-refractivity contribution in [2.45, 2.75) is 26.9 Å². The van der Waals surface area contributed by atoms with Crippen LogP contribution in [0.1, 0.15) is 25.0 Å². The molecule has 7 heteroatoms. The van der Waals surface area contributed by atoms with Crippen LogP contribution in [0.4, 0.5) is 0 Å². The van der Waals surface area contributed by atoms with Crippen molar-refractivity contribution in [1.29, 1.82) is 0 Å². The van der Waals surface area contributed by atoms with Gasteiger partial charge in [-0.05, 0) is 62.7 Å². The number of nitrogens with one attached hydrogen (secondary N) is 1. The van der Waals surface area contributed by atoms with Crippen LogP contribution in [0.3, 0.4) is 0 Å². The molecule has 1 amide bonds. The van der Waals surface area contributed by atoms with E-state index >= 15 is 0 Å². The van der Waals surface area contributed by atoms with Crippen LogP contribution < -0.4 is 19.6 Å². The predicted octanol–water partition coefficient (Wildman–Crippen LogP) is 3.97. The second-order valence-electron chi connectivity index (χ2n) is 5.91. The number of hydrazone groups is 1. The van der Waals surface area contributed by atoms with Crippen LogP contribution >= 0.6 is 11.6 Å². The third-order valence-corrected chi connectivity index (χ3v) is 4.18. The van der Waals surface area contributed by atoms with Gasteiger partial charge >= 0.3 is 0 Å². The highest BCUT2D eigenvalue weighted by molar-refractivity contribution is 6.30. The fourth-order valence-corrected chi connectivity index (χ4v) is 2.57. The molecule has 0 fully saturated rings. The van der Waals surface area contributed by atoms with E-state index in [9.17, 15) is 4.79 Å². The summed E-state index contributed by atoms with van der Waals surface area (Å²) >= 11 is 5.93. The van der Waals surface area contributed by atoms with Gasteiger partial charge in [0.2, 0.25) is 0 Å².